The standard InChI is InChI=1S/C18H21N3O4S2/c1-25-14-6-4-5-13(11-14)19-18(26)20-16-12-15(7-8-17(16)22)27(23,24)21-9-2-3-10-21/h4-8,11-12,22H,2-3,9-10H2,1H3,(H2,19,20,26). The molecular formula is C18H21N3O4S2. The van der Waals surface area contributed by atoms with Gasteiger partial charge in [0.05, 0.1) is 17.7 Å². The Morgan fingerprint density at radius 3 is 2.59 bits per heavy atom. The highest BCUT2D eigenvalue weighted by atomic mass is 32.2. The van der Waals surface area contributed by atoms with Crippen LogP contribution in [0.5, 0.6) is 11.5 Å². The highest BCUT2D eigenvalue weighted by molar-refractivity contribution is 7.89. The van der Waals surface area contributed by atoms with Crippen LogP contribution in [-0.2, 0) is 10.0 Å². The lowest BCUT2D eigenvalue weighted by Crippen LogP contribution is -2.28. The summed E-state index contributed by atoms with van der Waals surface area (Å²) in [6.45, 7) is 1.03. The van der Waals surface area contributed by atoms with Gasteiger partial charge in [-0.25, -0.2) is 8.42 Å². The Hall–Kier alpha value is -2.36. The van der Waals surface area contributed by atoms with Crippen molar-refractivity contribution in [3.05, 3.63) is 42.5 Å². The average Bonchev–Trinajstić information content (AvgIpc) is 3.19. The molecule has 0 aliphatic carbocycles. The first-order valence-electron chi connectivity index (χ1n) is 8.45. The fraction of sp³-hybridized carbons (Fsp3) is 0.278. The summed E-state index contributed by atoms with van der Waals surface area (Å²) in [5.41, 5.74) is 0.919. The van der Waals surface area contributed by atoms with Crippen LogP contribution >= 0.6 is 12.2 Å². The Labute approximate surface area is 164 Å². The number of sulfonamides is 1. The number of anilines is 2. The minimum absolute atomic E-state index is 0.0924. The maximum absolute atomic E-state index is 12.7. The molecular weight excluding hydrogens is 386 g/mol. The van der Waals surface area contributed by atoms with E-state index in [4.69, 9.17) is 17.0 Å². The summed E-state index contributed by atoms with van der Waals surface area (Å²) in [6, 6.07) is 11.3. The molecule has 0 saturated carbocycles. The first kappa shape index (κ1) is 19.4. The lowest BCUT2D eigenvalue weighted by molar-refractivity contribution is 0.415. The number of benzene rings is 2. The summed E-state index contributed by atoms with van der Waals surface area (Å²) < 4.78 is 32.0. The van der Waals surface area contributed by atoms with E-state index in [0.717, 1.165) is 12.8 Å². The van der Waals surface area contributed by atoms with Crippen LogP contribution in [0.25, 0.3) is 0 Å². The van der Waals surface area contributed by atoms with E-state index < -0.39 is 10.0 Å². The fourth-order valence-corrected chi connectivity index (χ4v) is 4.61. The van der Waals surface area contributed by atoms with Gasteiger partial charge >= 0.3 is 0 Å². The third-order valence-corrected chi connectivity index (χ3v) is 6.35. The lowest BCUT2D eigenvalue weighted by atomic mass is 10.3. The number of phenolic OH excluding ortho intramolecular Hbond substituents is 1. The third-order valence-electron chi connectivity index (χ3n) is 4.25. The maximum Gasteiger partial charge on any atom is 0.243 e. The summed E-state index contributed by atoms with van der Waals surface area (Å²) in [4.78, 5) is 0.119. The molecule has 1 saturated heterocycles. The molecule has 0 bridgehead atoms. The second-order valence-corrected chi connectivity index (χ2v) is 8.45. The number of nitrogens with one attached hydrogen (secondary N) is 2. The van der Waals surface area contributed by atoms with E-state index in [1.54, 1.807) is 19.2 Å². The van der Waals surface area contributed by atoms with E-state index in [0.29, 0.717) is 24.5 Å². The summed E-state index contributed by atoms with van der Waals surface area (Å²) in [7, 11) is -2.01. The van der Waals surface area contributed by atoms with E-state index in [9.17, 15) is 13.5 Å². The largest absolute Gasteiger partial charge is 0.506 e. The number of hydrogen-bond acceptors (Lipinski definition) is 5. The van der Waals surface area contributed by atoms with Gasteiger partial charge in [-0.1, -0.05) is 6.07 Å². The van der Waals surface area contributed by atoms with Gasteiger partial charge in [-0.2, -0.15) is 4.31 Å². The van der Waals surface area contributed by atoms with Gasteiger partial charge in [0.1, 0.15) is 11.5 Å². The van der Waals surface area contributed by atoms with Gasteiger partial charge in [0.15, 0.2) is 5.11 Å². The molecule has 0 atom stereocenters. The second kappa shape index (κ2) is 8.12. The van der Waals surface area contributed by atoms with Crippen molar-refractivity contribution in [3.63, 3.8) is 0 Å². The molecule has 2 aromatic carbocycles. The maximum atomic E-state index is 12.7. The van der Waals surface area contributed by atoms with Crippen LogP contribution in [0, 0.1) is 0 Å². The zero-order valence-corrected chi connectivity index (χ0v) is 16.4. The van der Waals surface area contributed by atoms with Crippen LogP contribution in [0.3, 0.4) is 0 Å². The van der Waals surface area contributed by atoms with E-state index in [-0.39, 0.29) is 21.4 Å². The summed E-state index contributed by atoms with van der Waals surface area (Å²) in [6.07, 6.45) is 1.72. The molecule has 0 spiro atoms. The topological polar surface area (TPSA) is 90.9 Å². The van der Waals surface area contributed by atoms with Gasteiger partial charge in [-0.05, 0) is 55.4 Å². The molecule has 144 valence electrons. The first-order valence-corrected chi connectivity index (χ1v) is 10.3. The normalized spacial score (nSPS) is 14.7. The van der Waals surface area contributed by atoms with Crippen molar-refractivity contribution in [1.29, 1.82) is 0 Å². The molecule has 0 unspecified atom stereocenters. The van der Waals surface area contributed by atoms with Crippen LogP contribution in [0.15, 0.2) is 47.4 Å². The molecule has 7 nitrogen and oxygen atoms in total. The minimum atomic E-state index is -3.58. The van der Waals surface area contributed by atoms with Crippen molar-refractivity contribution in [1.82, 2.24) is 4.31 Å². The molecule has 3 rings (SSSR count). The lowest BCUT2D eigenvalue weighted by Gasteiger charge is -2.17. The monoisotopic (exact) mass is 407 g/mol. The quantitative estimate of drug-likeness (QED) is 0.518. The van der Waals surface area contributed by atoms with Gasteiger partial charge in [-0.15, -0.1) is 0 Å². The third kappa shape index (κ3) is 4.49. The van der Waals surface area contributed by atoms with Crippen LogP contribution in [0.2, 0.25) is 0 Å². The number of methoxy groups -OCH3 is 1. The first-order chi connectivity index (χ1) is 12.9. The van der Waals surface area contributed by atoms with Crippen LogP contribution < -0.4 is 15.4 Å². The van der Waals surface area contributed by atoms with Crippen LogP contribution in [0.1, 0.15) is 12.8 Å². The number of thiocarbonyl (C=S) groups is 1. The van der Waals surface area contributed by atoms with Crippen molar-refractivity contribution >= 4 is 38.7 Å². The van der Waals surface area contributed by atoms with Gasteiger partial charge in [0.2, 0.25) is 10.0 Å². The van der Waals surface area contributed by atoms with Crippen molar-refractivity contribution in [2.24, 2.45) is 0 Å². The Balaban J connectivity index is 1.77. The van der Waals surface area contributed by atoms with Crippen LogP contribution in [0.4, 0.5) is 11.4 Å². The van der Waals surface area contributed by atoms with E-state index in [1.165, 1.54) is 22.5 Å². The van der Waals surface area contributed by atoms with Gasteiger partial charge < -0.3 is 20.5 Å². The highest BCUT2D eigenvalue weighted by Gasteiger charge is 2.27. The second-order valence-electron chi connectivity index (χ2n) is 6.10. The van der Waals surface area contributed by atoms with E-state index >= 15 is 0 Å². The molecule has 2 aromatic rings. The van der Waals surface area contributed by atoms with Crippen molar-refractivity contribution in [2.45, 2.75) is 17.7 Å². The molecule has 0 aromatic heterocycles. The number of ether oxygens (including phenoxy) is 1. The SMILES string of the molecule is COc1cccc(NC(=S)Nc2cc(S(=O)(=O)N3CCCC3)ccc2O)c1. The molecule has 1 fully saturated rings. The number of phenols is 1. The Bertz CT molecular complexity index is 941. The number of aromatic hydroxyl groups is 1. The van der Waals surface area contributed by atoms with Gasteiger partial charge in [0.25, 0.3) is 0 Å². The Morgan fingerprint density at radius 2 is 1.89 bits per heavy atom. The molecule has 1 aliphatic rings. The fourth-order valence-electron chi connectivity index (χ4n) is 2.84. The molecule has 1 heterocycles. The van der Waals surface area contributed by atoms with Crippen molar-refractivity contribution in [2.75, 3.05) is 30.8 Å². The zero-order chi connectivity index (χ0) is 19.4. The molecule has 9 heteroatoms. The predicted octanol–water partition coefficient (Wildman–Crippen LogP) is 2.99. The number of nitrogens with zero attached hydrogens (tertiary/aromatic N) is 1. The summed E-state index contributed by atoms with van der Waals surface area (Å²) in [5, 5.41) is 16.1. The predicted molar refractivity (Wildman–Crippen MR) is 109 cm³/mol. The van der Waals surface area contributed by atoms with Crippen molar-refractivity contribution in [3.8, 4) is 11.5 Å². The number of hydrogen-bond donors (Lipinski definition) is 3. The summed E-state index contributed by atoms with van der Waals surface area (Å²) in [5.74, 6) is 0.578. The van der Waals surface area contributed by atoms with Gasteiger partial charge in [-0.3, -0.25) is 0 Å². The molecule has 1 aliphatic heterocycles. The smallest absolute Gasteiger partial charge is 0.243 e. The van der Waals surface area contributed by atoms with Gasteiger partial charge in [0, 0.05) is 24.8 Å². The number of rotatable bonds is 5. The molecule has 27 heavy (non-hydrogen) atoms. The Kier molecular flexibility index (Phi) is 5.83. The minimum Gasteiger partial charge on any atom is -0.506 e. The Morgan fingerprint density at radius 1 is 1.15 bits per heavy atom. The zero-order valence-electron chi connectivity index (χ0n) is 14.8. The van der Waals surface area contributed by atoms with E-state index in [1.807, 2.05) is 12.1 Å². The van der Waals surface area contributed by atoms with E-state index in [2.05, 4.69) is 10.6 Å². The average molecular weight is 408 g/mol. The molecule has 0 amide bonds. The molecule has 0 radical (unpaired) electrons. The van der Waals surface area contributed by atoms with Crippen LogP contribution in [-0.4, -0.2) is 43.1 Å². The highest BCUT2D eigenvalue weighted by Crippen LogP contribution is 2.29. The van der Waals surface area contributed by atoms with Crippen molar-refractivity contribution < 1.29 is 18.3 Å². The summed E-state index contributed by atoms with van der Waals surface area (Å²) >= 11 is 5.27. The molecule has 3 N–H and O–H groups in total.